The molecule has 1 aliphatic heterocycles. The Morgan fingerprint density at radius 2 is 1.65 bits per heavy atom. The van der Waals surface area contributed by atoms with Gasteiger partial charge in [0.2, 0.25) is 0 Å². The number of fused-ring (bicyclic) bond motifs is 6. The predicted octanol–water partition coefficient (Wildman–Crippen LogP) is 10.5. The molecule has 40 heavy (non-hydrogen) atoms. The number of aryl methyl sites for hydroxylation is 1. The first-order valence-corrected chi connectivity index (χ1v) is 13.7. The Bertz CT molecular complexity index is 2180. The van der Waals surface area contributed by atoms with Crippen molar-refractivity contribution < 1.29 is 8.83 Å². The number of rotatable bonds is 2. The first kappa shape index (κ1) is 22.9. The van der Waals surface area contributed by atoms with Crippen molar-refractivity contribution in [2.45, 2.75) is 20.3 Å². The summed E-state index contributed by atoms with van der Waals surface area (Å²) in [6.07, 6.45) is 9.06. The molecule has 0 atom stereocenters. The number of nitrogens with zero attached hydrogens (tertiary/aromatic N) is 2. The van der Waals surface area contributed by atoms with E-state index in [-0.39, 0.29) is 0 Å². The van der Waals surface area contributed by atoms with Gasteiger partial charge in [0, 0.05) is 33.8 Å². The van der Waals surface area contributed by atoms with E-state index >= 15 is 0 Å². The Hall–Kier alpha value is -5.09. The fourth-order valence-corrected chi connectivity index (χ4v) is 6.09. The average molecular weight is 519 g/mol. The molecular weight excluding hydrogens is 492 g/mol. The van der Waals surface area contributed by atoms with Crippen molar-refractivity contribution in [2.75, 3.05) is 4.90 Å². The summed E-state index contributed by atoms with van der Waals surface area (Å²) in [4.78, 5) is 7.08. The van der Waals surface area contributed by atoms with Gasteiger partial charge in [-0.15, -0.1) is 0 Å². The van der Waals surface area contributed by atoms with Crippen LogP contribution in [0.5, 0.6) is 0 Å². The van der Waals surface area contributed by atoms with Crippen molar-refractivity contribution >= 4 is 72.5 Å². The molecule has 8 rings (SSSR count). The van der Waals surface area contributed by atoms with Gasteiger partial charge in [-0.2, -0.15) is 0 Å². The molecule has 4 aromatic carbocycles. The summed E-state index contributed by atoms with van der Waals surface area (Å²) >= 11 is 0. The lowest BCUT2D eigenvalue weighted by Crippen LogP contribution is -2.13. The molecule has 0 fully saturated rings. The van der Waals surface area contributed by atoms with E-state index in [1.165, 1.54) is 16.3 Å². The summed E-state index contributed by atoms with van der Waals surface area (Å²) in [7, 11) is 0. The molecule has 0 N–H and O–H groups in total. The highest BCUT2D eigenvalue weighted by Gasteiger charge is 2.25. The lowest BCUT2D eigenvalue weighted by molar-refractivity contribution is 0.601. The Balaban J connectivity index is 1.55. The van der Waals surface area contributed by atoms with E-state index < -0.39 is 0 Å². The summed E-state index contributed by atoms with van der Waals surface area (Å²) in [6.45, 7) is 4.35. The fourth-order valence-electron chi connectivity index (χ4n) is 6.09. The number of hydrogen-bond donors (Lipinski definition) is 0. The van der Waals surface area contributed by atoms with E-state index in [1.807, 2.05) is 18.3 Å². The molecule has 0 spiro atoms. The van der Waals surface area contributed by atoms with Gasteiger partial charge in [0.05, 0.1) is 11.4 Å². The van der Waals surface area contributed by atoms with Crippen LogP contribution in [-0.4, -0.2) is 4.98 Å². The summed E-state index contributed by atoms with van der Waals surface area (Å²) < 4.78 is 12.7. The molecule has 4 nitrogen and oxygen atoms in total. The zero-order chi connectivity index (χ0) is 26.8. The highest BCUT2D eigenvalue weighted by Crippen LogP contribution is 2.47. The van der Waals surface area contributed by atoms with E-state index in [9.17, 15) is 0 Å². The molecule has 7 aromatic rings. The maximum Gasteiger partial charge on any atom is 0.153 e. The first-order valence-electron chi connectivity index (χ1n) is 13.7. The van der Waals surface area contributed by atoms with Crippen molar-refractivity contribution in [3.05, 3.63) is 120 Å². The monoisotopic (exact) mass is 518 g/mol. The minimum absolute atomic E-state index is 0.790. The van der Waals surface area contributed by atoms with E-state index in [2.05, 4.69) is 110 Å². The number of benzene rings is 4. The minimum Gasteiger partial charge on any atom is -0.456 e. The minimum atomic E-state index is 0.790. The summed E-state index contributed by atoms with van der Waals surface area (Å²) in [6, 6.07) is 29.9. The topological polar surface area (TPSA) is 42.4 Å². The van der Waals surface area contributed by atoms with E-state index in [4.69, 9.17) is 13.8 Å². The fraction of sp³-hybridized carbons (Fsp3) is 0.0833. The predicted molar refractivity (Wildman–Crippen MR) is 166 cm³/mol. The van der Waals surface area contributed by atoms with Crippen LogP contribution in [0.15, 0.2) is 112 Å². The largest absolute Gasteiger partial charge is 0.456 e. The van der Waals surface area contributed by atoms with E-state index in [0.29, 0.717) is 0 Å². The van der Waals surface area contributed by atoms with Gasteiger partial charge in [-0.25, -0.2) is 0 Å². The molecule has 0 radical (unpaired) electrons. The molecule has 4 heterocycles. The van der Waals surface area contributed by atoms with Crippen molar-refractivity contribution in [2.24, 2.45) is 0 Å². The maximum absolute atomic E-state index is 6.37. The molecule has 3 aromatic heterocycles. The van der Waals surface area contributed by atoms with Crippen LogP contribution in [0.1, 0.15) is 30.2 Å². The second-order valence-electron chi connectivity index (χ2n) is 10.3. The van der Waals surface area contributed by atoms with Gasteiger partial charge in [-0.3, -0.25) is 4.98 Å². The molecule has 4 heteroatoms. The second-order valence-corrected chi connectivity index (χ2v) is 10.3. The van der Waals surface area contributed by atoms with Gasteiger partial charge >= 0.3 is 0 Å². The third-order valence-corrected chi connectivity index (χ3v) is 8.06. The van der Waals surface area contributed by atoms with Crippen LogP contribution < -0.4 is 4.90 Å². The zero-order valence-electron chi connectivity index (χ0n) is 22.3. The number of furan rings is 2. The highest BCUT2D eigenvalue weighted by molar-refractivity contribution is 6.09. The normalized spacial score (nSPS) is 15.4. The number of hydrogen-bond acceptors (Lipinski definition) is 4. The van der Waals surface area contributed by atoms with Gasteiger partial charge < -0.3 is 13.7 Å². The molecular formula is C36H26N2O2. The van der Waals surface area contributed by atoms with Crippen molar-refractivity contribution in [3.8, 4) is 0 Å². The Morgan fingerprint density at radius 1 is 0.775 bits per heavy atom. The van der Waals surface area contributed by atoms with Crippen LogP contribution in [0.25, 0.3) is 55.5 Å². The molecule has 192 valence electrons. The maximum atomic E-state index is 6.37. The zero-order valence-corrected chi connectivity index (χ0v) is 22.3. The van der Waals surface area contributed by atoms with Crippen LogP contribution in [0.3, 0.4) is 0 Å². The summed E-state index contributed by atoms with van der Waals surface area (Å²) in [5.74, 6) is 0.877. The summed E-state index contributed by atoms with van der Waals surface area (Å²) in [5, 5.41) is 4.51. The Labute approximate surface area is 231 Å². The smallest absolute Gasteiger partial charge is 0.153 e. The molecule has 0 amide bonds. The molecule has 0 unspecified atom stereocenters. The SMILES string of the molecule is CC/C1=C\C=C/c2oc3cccc(c3c2C)N(c2ccc3ccccc3c2)c2cc3c(cc21)oc1cccnc13. The van der Waals surface area contributed by atoms with Gasteiger partial charge in [0.25, 0.3) is 0 Å². The van der Waals surface area contributed by atoms with Crippen LogP contribution >= 0.6 is 0 Å². The third-order valence-electron chi connectivity index (χ3n) is 8.06. The van der Waals surface area contributed by atoms with Crippen LogP contribution in [0.2, 0.25) is 0 Å². The van der Waals surface area contributed by atoms with Crippen molar-refractivity contribution in [1.29, 1.82) is 0 Å². The second kappa shape index (κ2) is 8.72. The standard InChI is InChI=1S/C36H26N2O2/c1-3-23-11-6-13-31-22(2)35-29(12-7-14-32(35)39-31)38(26-17-16-24-9-4-5-10-25(24)19-26)30-20-28-34(21-27(23)30)40-33-15-8-18-37-36(28)33/h4-21H,3H2,1-2H3/b13-6-,23-11+. The average Bonchev–Trinajstić information content (AvgIpc) is 3.51. The van der Waals surface area contributed by atoms with E-state index in [1.54, 1.807) is 0 Å². The lowest BCUT2D eigenvalue weighted by Gasteiger charge is -2.29. The highest BCUT2D eigenvalue weighted by atomic mass is 16.3. The van der Waals surface area contributed by atoms with Gasteiger partial charge in [0.1, 0.15) is 22.4 Å². The van der Waals surface area contributed by atoms with Gasteiger partial charge in [-0.1, -0.05) is 55.5 Å². The van der Waals surface area contributed by atoms with Gasteiger partial charge in [-0.05, 0) is 84.3 Å². The molecule has 1 aliphatic rings. The molecule has 0 saturated carbocycles. The molecule has 2 bridgehead atoms. The van der Waals surface area contributed by atoms with Crippen molar-refractivity contribution in [1.82, 2.24) is 4.98 Å². The number of pyridine rings is 1. The Kier molecular flexibility index (Phi) is 4.98. The molecule has 0 aliphatic carbocycles. The van der Waals surface area contributed by atoms with Gasteiger partial charge in [0.15, 0.2) is 5.58 Å². The third kappa shape index (κ3) is 3.36. The molecule has 0 saturated heterocycles. The van der Waals surface area contributed by atoms with Crippen LogP contribution in [0, 0.1) is 6.92 Å². The van der Waals surface area contributed by atoms with Crippen LogP contribution in [-0.2, 0) is 0 Å². The van der Waals surface area contributed by atoms with Crippen LogP contribution in [0.4, 0.5) is 17.1 Å². The lowest BCUT2D eigenvalue weighted by atomic mass is 9.97. The number of aromatic nitrogens is 1. The number of anilines is 3. The number of allylic oxidation sites excluding steroid dienone is 3. The Morgan fingerprint density at radius 3 is 2.55 bits per heavy atom. The van der Waals surface area contributed by atoms with E-state index in [0.717, 1.165) is 73.4 Å². The quantitative estimate of drug-likeness (QED) is 0.228. The first-order chi connectivity index (χ1) is 19.7. The van der Waals surface area contributed by atoms with Crippen molar-refractivity contribution in [3.63, 3.8) is 0 Å². The summed E-state index contributed by atoms with van der Waals surface area (Å²) in [5.41, 5.74) is 10.1.